The molecule has 0 aromatic carbocycles. The van der Waals surface area contributed by atoms with Crippen molar-refractivity contribution >= 4 is 0 Å². The third kappa shape index (κ3) is 3.74. The number of hydrogen-bond donors (Lipinski definition) is 1. The average molecular weight is 215 g/mol. The van der Waals surface area contributed by atoms with Crippen LogP contribution in [0.15, 0.2) is 0 Å². The minimum atomic E-state index is -0.0889. The van der Waals surface area contributed by atoms with Crippen LogP contribution in [0.1, 0.15) is 46.0 Å². The van der Waals surface area contributed by atoms with E-state index in [-0.39, 0.29) is 11.2 Å². The molecule has 1 fully saturated rings. The highest BCUT2D eigenvalue weighted by Gasteiger charge is 2.33. The van der Waals surface area contributed by atoms with Crippen molar-refractivity contribution in [2.24, 2.45) is 5.73 Å². The Morgan fingerprint density at radius 3 is 2.33 bits per heavy atom. The topological polar surface area (TPSA) is 44.5 Å². The van der Waals surface area contributed by atoms with Gasteiger partial charge in [-0.3, -0.25) is 0 Å². The molecule has 1 rings (SSSR count). The molecule has 2 N–H and O–H groups in total. The van der Waals surface area contributed by atoms with Gasteiger partial charge in [-0.25, -0.2) is 0 Å². The molecule has 1 aliphatic rings. The summed E-state index contributed by atoms with van der Waals surface area (Å²) in [5.41, 5.74) is 5.68. The fourth-order valence-corrected chi connectivity index (χ4v) is 2.04. The van der Waals surface area contributed by atoms with E-state index in [0.29, 0.717) is 6.54 Å². The van der Waals surface area contributed by atoms with E-state index in [1.807, 2.05) is 0 Å². The molecule has 3 nitrogen and oxygen atoms in total. The van der Waals surface area contributed by atoms with Crippen LogP contribution >= 0.6 is 0 Å². The Labute approximate surface area is 93.3 Å². The number of rotatable bonds is 6. The summed E-state index contributed by atoms with van der Waals surface area (Å²) in [4.78, 5) is 0. The van der Waals surface area contributed by atoms with Crippen molar-refractivity contribution in [2.75, 3.05) is 20.3 Å². The summed E-state index contributed by atoms with van der Waals surface area (Å²) in [5, 5.41) is 0. The number of nitrogens with two attached hydrogens (primary N) is 1. The number of ether oxygens (including phenoxy) is 2. The van der Waals surface area contributed by atoms with Crippen molar-refractivity contribution in [1.29, 1.82) is 0 Å². The summed E-state index contributed by atoms with van der Waals surface area (Å²) in [6, 6.07) is 0. The van der Waals surface area contributed by atoms with Crippen molar-refractivity contribution in [3.05, 3.63) is 0 Å². The SMILES string of the molecule is COC(C)(C)CCOC1(CN)CCCC1. The summed E-state index contributed by atoms with van der Waals surface area (Å²) in [6.45, 7) is 5.57. The molecule has 0 heterocycles. The Morgan fingerprint density at radius 1 is 1.27 bits per heavy atom. The first kappa shape index (κ1) is 12.9. The molecule has 1 aliphatic carbocycles. The molecular weight excluding hydrogens is 190 g/mol. The van der Waals surface area contributed by atoms with Crippen LogP contribution < -0.4 is 5.73 Å². The molecular formula is C12H25NO2. The molecule has 0 aliphatic heterocycles. The van der Waals surface area contributed by atoms with Crippen LogP contribution in [0.5, 0.6) is 0 Å². The lowest BCUT2D eigenvalue weighted by atomic mass is 10.0. The lowest BCUT2D eigenvalue weighted by Crippen LogP contribution is -2.39. The van der Waals surface area contributed by atoms with Crippen LogP contribution in [-0.4, -0.2) is 31.5 Å². The predicted octanol–water partition coefficient (Wildman–Crippen LogP) is 2.09. The Kier molecular flexibility index (Phi) is 4.56. The van der Waals surface area contributed by atoms with E-state index in [4.69, 9.17) is 15.2 Å². The van der Waals surface area contributed by atoms with Gasteiger partial charge in [0.15, 0.2) is 0 Å². The smallest absolute Gasteiger partial charge is 0.0804 e. The zero-order valence-corrected chi connectivity index (χ0v) is 10.3. The van der Waals surface area contributed by atoms with Gasteiger partial charge in [0.05, 0.1) is 17.8 Å². The Morgan fingerprint density at radius 2 is 1.87 bits per heavy atom. The van der Waals surface area contributed by atoms with Crippen LogP contribution in [0.4, 0.5) is 0 Å². The largest absolute Gasteiger partial charge is 0.379 e. The average Bonchev–Trinajstić information content (AvgIpc) is 2.67. The normalized spacial score (nSPS) is 20.8. The van der Waals surface area contributed by atoms with Gasteiger partial charge in [-0.15, -0.1) is 0 Å². The van der Waals surface area contributed by atoms with Gasteiger partial charge in [0.1, 0.15) is 0 Å². The zero-order chi connectivity index (χ0) is 11.4. The third-order valence-corrected chi connectivity index (χ3v) is 3.55. The Hall–Kier alpha value is -0.120. The van der Waals surface area contributed by atoms with Crippen LogP contribution in [0.25, 0.3) is 0 Å². The molecule has 90 valence electrons. The lowest BCUT2D eigenvalue weighted by Gasteiger charge is -2.30. The molecule has 0 saturated heterocycles. The number of hydrogen-bond acceptors (Lipinski definition) is 3. The quantitative estimate of drug-likeness (QED) is 0.738. The second-order valence-corrected chi connectivity index (χ2v) is 5.16. The van der Waals surface area contributed by atoms with Gasteiger partial charge >= 0.3 is 0 Å². The monoisotopic (exact) mass is 215 g/mol. The molecule has 0 amide bonds. The summed E-state index contributed by atoms with van der Waals surface area (Å²) in [7, 11) is 1.74. The Balaban J connectivity index is 2.29. The van der Waals surface area contributed by atoms with Gasteiger partial charge in [0.25, 0.3) is 0 Å². The van der Waals surface area contributed by atoms with E-state index in [2.05, 4.69) is 13.8 Å². The first-order valence-electron chi connectivity index (χ1n) is 5.93. The molecule has 0 spiro atoms. The fraction of sp³-hybridized carbons (Fsp3) is 1.00. The highest BCUT2D eigenvalue weighted by Crippen LogP contribution is 2.32. The predicted molar refractivity (Wildman–Crippen MR) is 61.9 cm³/mol. The molecule has 0 radical (unpaired) electrons. The van der Waals surface area contributed by atoms with Crippen LogP contribution in [0, 0.1) is 0 Å². The molecule has 0 aromatic heterocycles. The van der Waals surface area contributed by atoms with Crippen molar-refractivity contribution in [3.63, 3.8) is 0 Å². The zero-order valence-electron chi connectivity index (χ0n) is 10.3. The minimum absolute atomic E-state index is 0.0240. The van der Waals surface area contributed by atoms with E-state index in [0.717, 1.165) is 25.9 Å². The van der Waals surface area contributed by atoms with Crippen molar-refractivity contribution in [3.8, 4) is 0 Å². The molecule has 1 saturated carbocycles. The van der Waals surface area contributed by atoms with Crippen molar-refractivity contribution < 1.29 is 9.47 Å². The second kappa shape index (κ2) is 5.28. The van der Waals surface area contributed by atoms with Gasteiger partial charge in [0.2, 0.25) is 0 Å². The summed E-state index contributed by atoms with van der Waals surface area (Å²) in [5.74, 6) is 0. The highest BCUT2D eigenvalue weighted by atomic mass is 16.5. The second-order valence-electron chi connectivity index (χ2n) is 5.16. The first-order valence-corrected chi connectivity index (χ1v) is 5.93. The third-order valence-electron chi connectivity index (χ3n) is 3.55. The number of methoxy groups -OCH3 is 1. The molecule has 0 aromatic rings. The Bertz CT molecular complexity index is 186. The van der Waals surface area contributed by atoms with E-state index in [1.165, 1.54) is 12.8 Å². The van der Waals surface area contributed by atoms with E-state index < -0.39 is 0 Å². The van der Waals surface area contributed by atoms with Gasteiger partial charge in [-0.05, 0) is 33.1 Å². The highest BCUT2D eigenvalue weighted by molar-refractivity contribution is 4.87. The van der Waals surface area contributed by atoms with Crippen molar-refractivity contribution in [2.45, 2.75) is 57.2 Å². The molecule has 3 heteroatoms. The standard InChI is InChI=1S/C12H25NO2/c1-11(2,14-3)8-9-15-12(10-13)6-4-5-7-12/h4-10,13H2,1-3H3. The lowest BCUT2D eigenvalue weighted by molar-refractivity contribution is -0.0673. The van der Waals surface area contributed by atoms with Crippen LogP contribution in [0.2, 0.25) is 0 Å². The molecule has 15 heavy (non-hydrogen) atoms. The van der Waals surface area contributed by atoms with Gasteiger partial charge in [-0.1, -0.05) is 12.8 Å². The van der Waals surface area contributed by atoms with Gasteiger partial charge < -0.3 is 15.2 Å². The van der Waals surface area contributed by atoms with Crippen LogP contribution in [-0.2, 0) is 9.47 Å². The minimum Gasteiger partial charge on any atom is -0.379 e. The maximum absolute atomic E-state index is 5.97. The molecule has 0 atom stereocenters. The maximum atomic E-state index is 5.97. The van der Waals surface area contributed by atoms with Crippen molar-refractivity contribution in [1.82, 2.24) is 0 Å². The maximum Gasteiger partial charge on any atom is 0.0804 e. The van der Waals surface area contributed by atoms with Gasteiger partial charge in [-0.2, -0.15) is 0 Å². The first-order chi connectivity index (χ1) is 7.04. The van der Waals surface area contributed by atoms with E-state index in [1.54, 1.807) is 7.11 Å². The van der Waals surface area contributed by atoms with E-state index in [9.17, 15) is 0 Å². The molecule has 0 unspecified atom stereocenters. The van der Waals surface area contributed by atoms with Crippen LogP contribution in [0.3, 0.4) is 0 Å². The summed E-state index contributed by atoms with van der Waals surface area (Å²) in [6.07, 6.45) is 5.68. The molecule has 0 bridgehead atoms. The van der Waals surface area contributed by atoms with Gasteiger partial charge in [0, 0.05) is 13.7 Å². The fourth-order valence-electron chi connectivity index (χ4n) is 2.04. The summed E-state index contributed by atoms with van der Waals surface area (Å²) >= 11 is 0. The summed E-state index contributed by atoms with van der Waals surface area (Å²) < 4.78 is 11.3. The van der Waals surface area contributed by atoms with E-state index >= 15 is 0 Å².